The first kappa shape index (κ1) is 17.5. The highest BCUT2D eigenvalue weighted by molar-refractivity contribution is 5.87. The van der Waals surface area contributed by atoms with Gasteiger partial charge in [0.15, 0.2) is 0 Å². The second-order valence-electron chi connectivity index (χ2n) is 6.61. The Morgan fingerprint density at radius 3 is 2.30 bits per heavy atom. The number of ether oxygens (including phenoxy) is 1. The van der Waals surface area contributed by atoms with E-state index in [0.29, 0.717) is 19.4 Å². The minimum absolute atomic E-state index is 0.0456. The van der Waals surface area contributed by atoms with Crippen molar-refractivity contribution >= 4 is 11.9 Å². The van der Waals surface area contributed by atoms with E-state index in [4.69, 9.17) is 10.5 Å². The van der Waals surface area contributed by atoms with Crippen LogP contribution in [0.3, 0.4) is 0 Å². The van der Waals surface area contributed by atoms with E-state index in [1.54, 1.807) is 0 Å². The third-order valence-corrected chi connectivity index (χ3v) is 5.37. The third-order valence-electron chi connectivity index (χ3n) is 5.37. The average Bonchev–Trinajstić information content (AvgIpc) is 2.99. The van der Waals surface area contributed by atoms with Gasteiger partial charge < -0.3 is 15.6 Å². The molecule has 0 bridgehead atoms. The van der Waals surface area contributed by atoms with Gasteiger partial charge in [0.05, 0.1) is 17.4 Å². The molecule has 5 nitrogen and oxygen atoms in total. The maximum Gasteiger partial charge on any atom is 0.314 e. The van der Waals surface area contributed by atoms with Crippen LogP contribution in [0.25, 0.3) is 0 Å². The molecule has 5 heteroatoms. The lowest BCUT2D eigenvalue weighted by Gasteiger charge is -2.33. The maximum absolute atomic E-state index is 11.9. The van der Waals surface area contributed by atoms with Crippen molar-refractivity contribution in [3.05, 3.63) is 35.4 Å². The molecule has 0 aromatic heterocycles. The molecule has 1 heterocycles. The number of benzene rings is 1. The van der Waals surface area contributed by atoms with Crippen molar-refractivity contribution in [2.75, 3.05) is 13.2 Å². The predicted molar refractivity (Wildman–Crippen MR) is 87.2 cm³/mol. The first-order valence-corrected chi connectivity index (χ1v) is 8.03. The highest BCUT2D eigenvalue weighted by Crippen LogP contribution is 2.38. The first-order valence-electron chi connectivity index (χ1n) is 8.03. The smallest absolute Gasteiger partial charge is 0.314 e. The first-order chi connectivity index (χ1) is 10.8. The van der Waals surface area contributed by atoms with Crippen LogP contribution >= 0.6 is 0 Å². The second kappa shape index (κ2) is 6.32. The summed E-state index contributed by atoms with van der Waals surface area (Å²) >= 11 is 0. The van der Waals surface area contributed by atoms with Gasteiger partial charge in [0.2, 0.25) is 5.91 Å². The number of rotatable bonds is 6. The van der Waals surface area contributed by atoms with Crippen molar-refractivity contribution in [2.24, 2.45) is 11.7 Å². The zero-order valence-corrected chi connectivity index (χ0v) is 14.0. The molecular formula is C18H25NO4. The van der Waals surface area contributed by atoms with Gasteiger partial charge in [-0.15, -0.1) is 0 Å². The summed E-state index contributed by atoms with van der Waals surface area (Å²) < 4.78 is 5.38. The molecule has 1 aliphatic heterocycles. The standard InChI is InChI=1S/C18H25NO4/c1-4-18(12(2)3,16(21)22)14-7-5-13(6-8-14)17(15(19)20)9-10-23-11-17/h5-8,12H,4,9-11H2,1-3H3,(H2,19,20)(H,21,22). The summed E-state index contributed by atoms with van der Waals surface area (Å²) in [4.78, 5) is 23.8. The van der Waals surface area contributed by atoms with Crippen LogP contribution in [0.5, 0.6) is 0 Å². The molecule has 3 N–H and O–H groups in total. The molecule has 23 heavy (non-hydrogen) atoms. The van der Waals surface area contributed by atoms with Gasteiger partial charge in [0, 0.05) is 6.61 Å². The van der Waals surface area contributed by atoms with Gasteiger partial charge in [-0.2, -0.15) is 0 Å². The van der Waals surface area contributed by atoms with Crippen molar-refractivity contribution < 1.29 is 19.4 Å². The summed E-state index contributed by atoms with van der Waals surface area (Å²) in [6.07, 6.45) is 1.06. The fraction of sp³-hybridized carbons (Fsp3) is 0.556. The summed E-state index contributed by atoms with van der Waals surface area (Å²) in [5.41, 5.74) is 5.43. The fourth-order valence-corrected chi connectivity index (χ4v) is 3.68. The van der Waals surface area contributed by atoms with Crippen LogP contribution in [-0.4, -0.2) is 30.2 Å². The third kappa shape index (κ3) is 2.63. The van der Waals surface area contributed by atoms with E-state index in [2.05, 4.69) is 0 Å². The SMILES string of the molecule is CCC(C(=O)O)(c1ccc(C2(C(N)=O)CCOC2)cc1)C(C)C. The molecule has 1 amide bonds. The van der Waals surface area contributed by atoms with E-state index in [-0.39, 0.29) is 12.5 Å². The molecular weight excluding hydrogens is 294 g/mol. The normalized spacial score (nSPS) is 23.7. The summed E-state index contributed by atoms with van der Waals surface area (Å²) in [6, 6.07) is 7.28. The molecule has 2 atom stereocenters. The van der Waals surface area contributed by atoms with E-state index in [0.717, 1.165) is 11.1 Å². The van der Waals surface area contributed by atoms with E-state index in [1.807, 2.05) is 45.0 Å². The predicted octanol–water partition coefficient (Wildman–Crippen LogP) is 2.22. The Morgan fingerprint density at radius 2 is 1.96 bits per heavy atom. The molecule has 0 aliphatic carbocycles. The lowest BCUT2D eigenvalue weighted by Crippen LogP contribution is -2.42. The van der Waals surface area contributed by atoms with Gasteiger partial charge in [-0.25, -0.2) is 0 Å². The number of carbonyl (C=O) groups excluding carboxylic acids is 1. The zero-order chi connectivity index (χ0) is 17.3. The van der Waals surface area contributed by atoms with Crippen LogP contribution in [0.4, 0.5) is 0 Å². The van der Waals surface area contributed by atoms with Crippen LogP contribution in [-0.2, 0) is 25.2 Å². The van der Waals surface area contributed by atoms with Gasteiger partial charge in [0.1, 0.15) is 0 Å². The minimum Gasteiger partial charge on any atom is -0.481 e. The lowest BCUT2D eigenvalue weighted by molar-refractivity contribution is -0.146. The number of nitrogens with two attached hydrogens (primary N) is 1. The van der Waals surface area contributed by atoms with E-state index >= 15 is 0 Å². The monoisotopic (exact) mass is 319 g/mol. The molecule has 2 unspecified atom stereocenters. The molecule has 1 aromatic rings. The number of hydrogen-bond acceptors (Lipinski definition) is 3. The largest absolute Gasteiger partial charge is 0.481 e. The Morgan fingerprint density at radius 1 is 1.35 bits per heavy atom. The summed E-state index contributed by atoms with van der Waals surface area (Å²) in [7, 11) is 0. The van der Waals surface area contributed by atoms with Crippen LogP contribution in [0, 0.1) is 5.92 Å². The highest BCUT2D eigenvalue weighted by Gasteiger charge is 2.44. The molecule has 2 rings (SSSR count). The number of primary amides is 1. The Balaban J connectivity index is 2.46. The molecule has 0 spiro atoms. The minimum atomic E-state index is -0.926. The Labute approximate surface area is 136 Å². The van der Waals surface area contributed by atoms with Crippen LogP contribution in [0.15, 0.2) is 24.3 Å². The summed E-state index contributed by atoms with van der Waals surface area (Å²) in [5.74, 6) is -1.26. The van der Waals surface area contributed by atoms with E-state index in [9.17, 15) is 14.7 Å². The number of amides is 1. The van der Waals surface area contributed by atoms with Crippen molar-refractivity contribution in [1.82, 2.24) is 0 Å². The van der Waals surface area contributed by atoms with E-state index in [1.165, 1.54) is 0 Å². The van der Waals surface area contributed by atoms with Gasteiger partial charge in [-0.05, 0) is 29.9 Å². The number of carboxylic acid groups (broad SMARTS) is 1. The van der Waals surface area contributed by atoms with Gasteiger partial charge in [0.25, 0.3) is 0 Å². The van der Waals surface area contributed by atoms with Crippen molar-refractivity contribution in [3.63, 3.8) is 0 Å². The van der Waals surface area contributed by atoms with E-state index < -0.39 is 22.7 Å². The van der Waals surface area contributed by atoms with Gasteiger partial charge in [-0.1, -0.05) is 45.0 Å². The van der Waals surface area contributed by atoms with Gasteiger partial charge in [-0.3, -0.25) is 9.59 Å². The fourth-order valence-electron chi connectivity index (χ4n) is 3.68. The number of carboxylic acids is 1. The summed E-state index contributed by atoms with van der Waals surface area (Å²) in [5, 5.41) is 9.77. The van der Waals surface area contributed by atoms with Crippen LogP contribution in [0.1, 0.15) is 44.7 Å². The Hall–Kier alpha value is -1.88. The van der Waals surface area contributed by atoms with Crippen molar-refractivity contribution in [3.8, 4) is 0 Å². The quantitative estimate of drug-likeness (QED) is 0.841. The summed E-state index contributed by atoms with van der Waals surface area (Å²) in [6.45, 7) is 6.51. The molecule has 1 aliphatic rings. The number of hydrogen-bond donors (Lipinski definition) is 2. The van der Waals surface area contributed by atoms with Crippen LogP contribution < -0.4 is 5.73 Å². The van der Waals surface area contributed by atoms with Gasteiger partial charge >= 0.3 is 5.97 Å². The lowest BCUT2D eigenvalue weighted by atomic mass is 9.69. The van der Waals surface area contributed by atoms with Crippen molar-refractivity contribution in [2.45, 2.75) is 44.4 Å². The molecule has 1 fully saturated rings. The maximum atomic E-state index is 11.9. The van der Waals surface area contributed by atoms with Crippen LogP contribution in [0.2, 0.25) is 0 Å². The van der Waals surface area contributed by atoms with Crippen molar-refractivity contribution in [1.29, 1.82) is 0 Å². The number of aliphatic carboxylic acids is 1. The molecule has 0 radical (unpaired) electrons. The second-order valence-corrected chi connectivity index (χ2v) is 6.61. The highest BCUT2D eigenvalue weighted by atomic mass is 16.5. The molecule has 126 valence electrons. The molecule has 0 saturated carbocycles. The zero-order valence-electron chi connectivity index (χ0n) is 14.0. The Kier molecular flexibility index (Phi) is 4.80. The molecule has 1 saturated heterocycles. The Bertz CT molecular complexity index is 588. The molecule has 1 aromatic carbocycles. The average molecular weight is 319 g/mol. The number of carbonyl (C=O) groups is 2. The topological polar surface area (TPSA) is 89.6 Å².